The molecule has 0 aliphatic carbocycles. The maximum atomic E-state index is 2.30. The summed E-state index contributed by atoms with van der Waals surface area (Å²) in [5, 5.41) is 8.02. The van der Waals surface area contributed by atoms with Crippen molar-refractivity contribution in [1.29, 1.82) is 0 Å². The first-order chi connectivity index (χ1) is 11.8. The summed E-state index contributed by atoms with van der Waals surface area (Å²) >= 11 is 1.91. The van der Waals surface area contributed by atoms with Gasteiger partial charge in [-0.1, -0.05) is 72.8 Å². The molecule has 1 heteroatoms. The number of rotatable bonds is 1. The van der Waals surface area contributed by atoms with Gasteiger partial charge in [-0.3, -0.25) is 0 Å². The molecule has 0 N–H and O–H groups in total. The van der Waals surface area contributed by atoms with E-state index in [9.17, 15) is 0 Å². The molecule has 1 aromatic heterocycles. The Morgan fingerprint density at radius 1 is 0.583 bits per heavy atom. The Kier molecular flexibility index (Phi) is 2.97. The van der Waals surface area contributed by atoms with Crippen molar-refractivity contribution in [3.8, 4) is 10.4 Å². The molecule has 0 aliphatic rings. The molecule has 5 rings (SSSR count). The van der Waals surface area contributed by atoms with Gasteiger partial charge < -0.3 is 0 Å². The second-order valence-corrected chi connectivity index (χ2v) is 7.45. The molecule has 0 radical (unpaired) electrons. The van der Waals surface area contributed by atoms with Crippen molar-refractivity contribution in [3.05, 3.63) is 83.7 Å². The van der Waals surface area contributed by atoms with Crippen LogP contribution >= 0.6 is 11.3 Å². The number of fused-ring (bicyclic) bond motifs is 3. The lowest BCUT2D eigenvalue weighted by molar-refractivity contribution is 1.68. The molecule has 24 heavy (non-hydrogen) atoms. The number of benzene rings is 4. The van der Waals surface area contributed by atoms with Gasteiger partial charge in [0.15, 0.2) is 0 Å². The minimum Gasteiger partial charge on any atom is -0.139 e. The molecule has 1 heterocycles. The minimum absolute atomic E-state index is 1.31. The zero-order valence-corrected chi connectivity index (χ0v) is 14.2. The molecule has 0 saturated heterocycles. The molecule has 0 fully saturated rings. The Morgan fingerprint density at radius 2 is 1.08 bits per heavy atom. The molecule has 5 aromatic rings. The maximum Gasteiger partial charge on any atom is 0.0436 e. The van der Waals surface area contributed by atoms with Crippen LogP contribution in [0, 0.1) is 6.92 Å². The standard InChI is InChI=1S/C23H16S/c1-15-18-10-6-7-13-21(18)23(24-15)22-19-11-4-2-8-16(19)14-17-9-3-5-12-20(17)22/h2-14H,1H3. The number of thiophene rings is 1. The Balaban J connectivity index is 2.03. The molecule has 0 spiro atoms. The van der Waals surface area contributed by atoms with Crippen LogP contribution in [0.15, 0.2) is 78.9 Å². The predicted molar refractivity (Wildman–Crippen MR) is 107 cm³/mol. The summed E-state index contributed by atoms with van der Waals surface area (Å²) < 4.78 is 0. The van der Waals surface area contributed by atoms with Crippen LogP contribution < -0.4 is 0 Å². The van der Waals surface area contributed by atoms with Crippen LogP contribution in [-0.4, -0.2) is 0 Å². The van der Waals surface area contributed by atoms with Gasteiger partial charge in [0.25, 0.3) is 0 Å². The van der Waals surface area contributed by atoms with Gasteiger partial charge in [0.1, 0.15) is 0 Å². The summed E-state index contributed by atoms with van der Waals surface area (Å²) in [6.07, 6.45) is 0. The zero-order valence-electron chi connectivity index (χ0n) is 13.4. The summed E-state index contributed by atoms with van der Waals surface area (Å²) in [6, 6.07) is 28.5. The van der Waals surface area contributed by atoms with Crippen molar-refractivity contribution < 1.29 is 0 Å². The first-order valence-electron chi connectivity index (χ1n) is 8.22. The van der Waals surface area contributed by atoms with Gasteiger partial charge >= 0.3 is 0 Å². The van der Waals surface area contributed by atoms with Gasteiger partial charge in [0.05, 0.1) is 0 Å². The van der Waals surface area contributed by atoms with E-state index in [0.717, 1.165) is 0 Å². The van der Waals surface area contributed by atoms with Crippen molar-refractivity contribution in [3.63, 3.8) is 0 Å². The van der Waals surface area contributed by atoms with E-state index in [0.29, 0.717) is 0 Å². The lowest BCUT2D eigenvalue weighted by Crippen LogP contribution is -1.83. The molecule has 0 unspecified atom stereocenters. The molecule has 0 saturated carbocycles. The first kappa shape index (κ1) is 13.8. The highest BCUT2D eigenvalue weighted by Gasteiger charge is 2.15. The third-order valence-corrected chi connectivity index (χ3v) is 5.96. The van der Waals surface area contributed by atoms with E-state index in [1.807, 2.05) is 11.3 Å². The summed E-state index contributed by atoms with van der Waals surface area (Å²) in [4.78, 5) is 2.77. The van der Waals surface area contributed by atoms with Crippen LogP contribution in [0.5, 0.6) is 0 Å². The minimum atomic E-state index is 1.31. The van der Waals surface area contributed by atoms with Crippen LogP contribution in [0.25, 0.3) is 42.8 Å². The van der Waals surface area contributed by atoms with Gasteiger partial charge in [0.2, 0.25) is 0 Å². The van der Waals surface area contributed by atoms with E-state index in [1.165, 1.54) is 47.6 Å². The Bertz CT molecular complexity index is 1160. The van der Waals surface area contributed by atoms with E-state index in [2.05, 4.69) is 85.8 Å². The fourth-order valence-electron chi connectivity index (χ4n) is 3.70. The average molecular weight is 324 g/mol. The monoisotopic (exact) mass is 324 g/mol. The number of hydrogen-bond donors (Lipinski definition) is 0. The van der Waals surface area contributed by atoms with Gasteiger partial charge in [-0.05, 0) is 39.9 Å². The lowest BCUT2D eigenvalue weighted by atomic mass is 9.94. The fourth-order valence-corrected chi connectivity index (χ4v) is 4.90. The predicted octanol–water partition coefficient (Wildman–Crippen LogP) is 7.18. The Morgan fingerprint density at radius 3 is 1.71 bits per heavy atom. The van der Waals surface area contributed by atoms with Crippen molar-refractivity contribution in [2.24, 2.45) is 0 Å². The van der Waals surface area contributed by atoms with Gasteiger partial charge in [0, 0.05) is 20.7 Å². The van der Waals surface area contributed by atoms with Crippen LogP contribution in [0.4, 0.5) is 0 Å². The van der Waals surface area contributed by atoms with Gasteiger partial charge in [-0.15, -0.1) is 11.3 Å². The third-order valence-electron chi connectivity index (χ3n) is 4.80. The van der Waals surface area contributed by atoms with E-state index in [-0.39, 0.29) is 0 Å². The van der Waals surface area contributed by atoms with E-state index >= 15 is 0 Å². The molecular weight excluding hydrogens is 308 g/mol. The van der Waals surface area contributed by atoms with E-state index in [1.54, 1.807) is 0 Å². The fraction of sp³-hybridized carbons (Fsp3) is 0.0435. The second kappa shape index (κ2) is 5.19. The van der Waals surface area contributed by atoms with Crippen molar-refractivity contribution in [2.45, 2.75) is 6.92 Å². The molecule has 0 nitrogen and oxygen atoms in total. The van der Waals surface area contributed by atoms with Crippen molar-refractivity contribution in [2.75, 3.05) is 0 Å². The van der Waals surface area contributed by atoms with Gasteiger partial charge in [-0.25, -0.2) is 0 Å². The van der Waals surface area contributed by atoms with E-state index in [4.69, 9.17) is 0 Å². The Hall–Kier alpha value is -2.64. The van der Waals surface area contributed by atoms with Crippen molar-refractivity contribution in [1.82, 2.24) is 0 Å². The smallest absolute Gasteiger partial charge is 0.0436 e. The molecule has 4 aromatic carbocycles. The molecule has 0 amide bonds. The van der Waals surface area contributed by atoms with Crippen molar-refractivity contribution >= 4 is 43.7 Å². The summed E-state index contributed by atoms with van der Waals surface area (Å²) in [7, 11) is 0. The topological polar surface area (TPSA) is 0 Å². The Labute approximate surface area is 145 Å². The van der Waals surface area contributed by atoms with Crippen LogP contribution in [-0.2, 0) is 0 Å². The van der Waals surface area contributed by atoms with Crippen LogP contribution in [0.1, 0.15) is 4.88 Å². The maximum absolute atomic E-state index is 2.30. The SMILES string of the molecule is Cc1sc(-c2c3ccccc3cc3ccccc23)c2ccccc12. The van der Waals surface area contributed by atoms with E-state index < -0.39 is 0 Å². The summed E-state index contributed by atoms with van der Waals surface area (Å²) in [6.45, 7) is 2.23. The molecule has 0 bridgehead atoms. The molecule has 114 valence electrons. The highest BCUT2D eigenvalue weighted by Crippen LogP contribution is 2.44. The largest absolute Gasteiger partial charge is 0.139 e. The summed E-state index contributed by atoms with van der Waals surface area (Å²) in [5.41, 5.74) is 1.37. The highest BCUT2D eigenvalue weighted by molar-refractivity contribution is 7.17. The first-order valence-corrected chi connectivity index (χ1v) is 9.03. The third kappa shape index (κ3) is 1.92. The van der Waals surface area contributed by atoms with Crippen LogP contribution in [0.2, 0.25) is 0 Å². The number of hydrogen-bond acceptors (Lipinski definition) is 1. The second-order valence-electron chi connectivity index (χ2n) is 6.23. The molecular formula is C23H16S. The zero-order chi connectivity index (χ0) is 16.1. The lowest BCUT2D eigenvalue weighted by Gasteiger charge is -2.11. The summed E-state index contributed by atoms with van der Waals surface area (Å²) in [5.74, 6) is 0. The number of aryl methyl sites for hydroxylation is 1. The highest BCUT2D eigenvalue weighted by atomic mass is 32.1. The quantitative estimate of drug-likeness (QED) is 0.286. The average Bonchev–Trinajstić information content (AvgIpc) is 2.96. The van der Waals surface area contributed by atoms with Gasteiger partial charge in [-0.2, -0.15) is 0 Å². The normalized spacial score (nSPS) is 11.5. The molecule has 0 atom stereocenters. The van der Waals surface area contributed by atoms with Crippen LogP contribution in [0.3, 0.4) is 0 Å². The molecule has 0 aliphatic heterocycles.